The molecule has 3 aromatic rings. The van der Waals surface area contributed by atoms with E-state index in [1.807, 2.05) is 42.7 Å². The Kier molecular flexibility index (Phi) is 5.50. The van der Waals surface area contributed by atoms with E-state index in [0.29, 0.717) is 0 Å². The number of halogens is 1. The molecule has 24 heavy (non-hydrogen) atoms. The van der Waals surface area contributed by atoms with Gasteiger partial charge in [0.05, 0.1) is 6.26 Å². The average Bonchev–Trinajstić information content (AvgIpc) is 2.63. The summed E-state index contributed by atoms with van der Waals surface area (Å²) < 4.78 is 6.95. The van der Waals surface area contributed by atoms with Gasteiger partial charge in [-0.3, -0.25) is 0 Å². The molecule has 0 aromatic heterocycles. The molecule has 3 aromatic carbocycles. The molecule has 0 aliphatic heterocycles. The summed E-state index contributed by atoms with van der Waals surface area (Å²) >= 11 is 3.57. The molecule has 0 bridgehead atoms. The molecular weight excluding hydrogens is 360 g/mol. The fourth-order valence-electron chi connectivity index (χ4n) is 2.43. The van der Waals surface area contributed by atoms with E-state index in [2.05, 4.69) is 65.3 Å². The van der Waals surface area contributed by atoms with Gasteiger partial charge < -0.3 is 4.74 Å². The summed E-state index contributed by atoms with van der Waals surface area (Å²) in [7, 11) is 0. The zero-order valence-corrected chi connectivity index (χ0v) is 15.2. The number of hydrogen-bond donors (Lipinski definition) is 0. The minimum Gasteiger partial charge on any atom is -0.465 e. The summed E-state index contributed by atoms with van der Waals surface area (Å²) in [6.45, 7) is 2.12. The first-order valence-corrected chi connectivity index (χ1v) is 8.82. The SMILES string of the molecule is CCC(C=Cc1ccccc1Br)=COc1ccc2ccccc2c1. The lowest BCUT2D eigenvalue weighted by atomic mass is 10.1. The lowest BCUT2D eigenvalue weighted by Gasteiger charge is -2.05. The maximum absolute atomic E-state index is 5.86. The highest BCUT2D eigenvalue weighted by Gasteiger charge is 1.98. The quantitative estimate of drug-likeness (QED) is 0.343. The Labute approximate surface area is 151 Å². The van der Waals surface area contributed by atoms with E-state index in [1.165, 1.54) is 10.8 Å². The summed E-state index contributed by atoms with van der Waals surface area (Å²) in [6.07, 6.45) is 6.94. The van der Waals surface area contributed by atoms with Crippen LogP contribution >= 0.6 is 15.9 Å². The van der Waals surface area contributed by atoms with Crippen LogP contribution in [0.3, 0.4) is 0 Å². The molecular formula is C22H19BrO. The summed E-state index contributed by atoms with van der Waals surface area (Å²) in [4.78, 5) is 0. The van der Waals surface area contributed by atoms with Gasteiger partial charge in [0.2, 0.25) is 0 Å². The predicted molar refractivity (Wildman–Crippen MR) is 106 cm³/mol. The van der Waals surface area contributed by atoms with Crippen LogP contribution in [0.4, 0.5) is 0 Å². The molecule has 120 valence electrons. The maximum atomic E-state index is 5.86. The molecule has 2 heteroatoms. The molecule has 0 fully saturated rings. The van der Waals surface area contributed by atoms with Gasteiger partial charge in [-0.1, -0.05) is 83.5 Å². The fourth-order valence-corrected chi connectivity index (χ4v) is 2.85. The first kappa shape index (κ1) is 16.5. The van der Waals surface area contributed by atoms with Crippen molar-refractivity contribution in [2.24, 2.45) is 0 Å². The van der Waals surface area contributed by atoms with Gasteiger partial charge in [-0.05, 0) is 46.5 Å². The van der Waals surface area contributed by atoms with Crippen LogP contribution in [0.2, 0.25) is 0 Å². The molecule has 0 aliphatic carbocycles. The van der Waals surface area contributed by atoms with Gasteiger partial charge in [0, 0.05) is 4.47 Å². The molecule has 1 nitrogen and oxygen atoms in total. The number of hydrogen-bond acceptors (Lipinski definition) is 1. The Morgan fingerprint density at radius 1 is 0.958 bits per heavy atom. The van der Waals surface area contributed by atoms with E-state index >= 15 is 0 Å². The Balaban J connectivity index is 1.76. The van der Waals surface area contributed by atoms with Crippen molar-refractivity contribution < 1.29 is 4.74 Å². The third-order valence-electron chi connectivity index (χ3n) is 3.86. The van der Waals surface area contributed by atoms with Crippen LogP contribution in [-0.4, -0.2) is 0 Å². The van der Waals surface area contributed by atoms with Crippen LogP contribution in [0.25, 0.3) is 16.8 Å². The Bertz CT molecular complexity index is 893. The molecule has 0 saturated heterocycles. The molecule has 0 radical (unpaired) electrons. The average molecular weight is 379 g/mol. The van der Waals surface area contributed by atoms with E-state index in [-0.39, 0.29) is 0 Å². The van der Waals surface area contributed by atoms with Crippen molar-refractivity contribution in [2.75, 3.05) is 0 Å². The number of allylic oxidation sites excluding steroid dienone is 2. The third-order valence-corrected chi connectivity index (χ3v) is 4.58. The van der Waals surface area contributed by atoms with Crippen molar-refractivity contribution in [3.63, 3.8) is 0 Å². The van der Waals surface area contributed by atoms with Crippen LogP contribution in [0, 0.1) is 0 Å². The third kappa shape index (κ3) is 4.15. The van der Waals surface area contributed by atoms with Gasteiger partial charge in [-0.2, -0.15) is 0 Å². The molecule has 0 atom stereocenters. The highest BCUT2D eigenvalue weighted by molar-refractivity contribution is 9.10. The first-order valence-electron chi connectivity index (χ1n) is 8.03. The second-order valence-corrected chi connectivity index (χ2v) is 6.38. The number of benzene rings is 3. The number of rotatable bonds is 5. The monoisotopic (exact) mass is 378 g/mol. The lowest BCUT2D eigenvalue weighted by Crippen LogP contribution is -1.86. The van der Waals surface area contributed by atoms with Crippen molar-refractivity contribution in [3.8, 4) is 5.75 Å². The Morgan fingerprint density at radius 3 is 2.50 bits per heavy atom. The highest BCUT2D eigenvalue weighted by atomic mass is 79.9. The van der Waals surface area contributed by atoms with Crippen molar-refractivity contribution in [3.05, 3.63) is 94.7 Å². The minimum absolute atomic E-state index is 0.856. The maximum Gasteiger partial charge on any atom is 0.127 e. The van der Waals surface area contributed by atoms with E-state index < -0.39 is 0 Å². The number of fused-ring (bicyclic) bond motifs is 1. The molecule has 0 spiro atoms. The van der Waals surface area contributed by atoms with E-state index in [1.54, 1.807) is 0 Å². The summed E-state index contributed by atoms with van der Waals surface area (Å²) in [5.74, 6) is 0.856. The van der Waals surface area contributed by atoms with E-state index in [4.69, 9.17) is 4.74 Å². The van der Waals surface area contributed by atoms with Gasteiger partial charge in [-0.15, -0.1) is 0 Å². The first-order chi connectivity index (χ1) is 11.8. The van der Waals surface area contributed by atoms with Crippen molar-refractivity contribution >= 4 is 32.8 Å². The van der Waals surface area contributed by atoms with Gasteiger partial charge >= 0.3 is 0 Å². The van der Waals surface area contributed by atoms with Gasteiger partial charge in [0.25, 0.3) is 0 Å². The fraction of sp³-hybridized carbons (Fsp3) is 0.0909. The largest absolute Gasteiger partial charge is 0.465 e. The lowest BCUT2D eigenvalue weighted by molar-refractivity contribution is 0.476. The van der Waals surface area contributed by atoms with Crippen LogP contribution < -0.4 is 4.74 Å². The van der Waals surface area contributed by atoms with Gasteiger partial charge in [0.15, 0.2) is 0 Å². The number of ether oxygens (including phenoxy) is 1. The molecule has 0 saturated carbocycles. The van der Waals surface area contributed by atoms with Crippen molar-refractivity contribution in [1.82, 2.24) is 0 Å². The summed E-state index contributed by atoms with van der Waals surface area (Å²) in [5, 5.41) is 2.41. The van der Waals surface area contributed by atoms with Crippen molar-refractivity contribution in [1.29, 1.82) is 0 Å². The summed E-state index contributed by atoms with van der Waals surface area (Å²) in [5.41, 5.74) is 2.29. The second-order valence-electron chi connectivity index (χ2n) is 5.53. The van der Waals surface area contributed by atoms with Gasteiger partial charge in [-0.25, -0.2) is 0 Å². The minimum atomic E-state index is 0.856. The van der Waals surface area contributed by atoms with Crippen LogP contribution in [0.1, 0.15) is 18.9 Å². The molecule has 0 heterocycles. The molecule has 0 N–H and O–H groups in total. The second kappa shape index (κ2) is 7.98. The van der Waals surface area contributed by atoms with Crippen LogP contribution in [0.5, 0.6) is 5.75 Å². The molecule has 0 unspecified atom stereocenters. The van der Waals surface area contributed by atoms with Gasteiger partial charge in [0.1, 0.15) is 5.75 Å². The smallest absolute Gasteiger partial charge is 0.127 e. The standard InChI is InChI=1S/C22H19BrO/c1-2-17(11-12-19-8-5-6-10-22(19)23)16-24-21-14-13-18-7-3-4-9-20(18)15-21/h3-16H,2H2,1H3. The molecule has 3 rings (SSSR count). The van der Waals surface area contributed by atoms with Crippen LogP contribution in [0.15, 0.2) is 89.1 Å². The van der Waals surface area contributed by atoms with E-state index in [0.717, 1.165) is 27.8 Å². The molecule has 0 amide bonds. The highest BCUT2D eigenvalue weighted by Crippen LogP contribution is 2.22. The predicted octanol–water partition coefficient (Wildman–Crippen LogP) is 6.99. The van der Waals surface area contributed by atoms with E-state index in [9.17, 15) is 0 Å². The topological polar surface area (TPSA) is 9.23 Å². The van der Waals surface area contributed by atoms with Crippen molar-refractivity contribution in [2.45, 2.75) is 13.3 Å². The molecule has 0 aliphatic rings. The Morgan fingerprint density at radius 2 is 1.71 bits per heavy atom. The Hall–Kier alpha value is -2.32. The van der Waals surface area contributed by atoms with Crippen LogP contribution in [-0.2, 0) is 0 Å². The normalized spacial score (nSPS) is 12.0. The summed E-state index contributed by atoms with van der Waals surface area (Å²) in [6, 6.07) is 22.6. The zero-order valence-electron chi connectivity index (χ0n) is 13.6. The zero-order chi connectivity index (χ0) is 16.8.